The summed E-state index contributed by atoms with van der Waals surface area (Å²) in [4.78, 5) is 23.9. The summed E-state index contributed by atoms with van der Waals surface area (Å²) < 4.78 is 23.4. The van der Waals surface area contributed by atoms with Crippen LogP contribution in [-0.4, -0.2) is 52.9 Å². The summed E-state index contributed by atoms with van der Waals surface area (Å²) in [5, 5.41) is 2.51. The molecule has 0 fully saturated rings. The van der Waals surface area contributed by atoms with Crippen LogP contribution < -0.4 is 20.5 Å². The zero-order chi connectivity index (χ0) is 28.8. The third-order valence-corrected chi connectivity index (χ3v) is 6.84. The minimum absolute atomic E-state index is 0.0236. The van der Waals surface area contributed by atoms with Gasteiger partial charge in [-0.25, -0.2) is 0 Å². The molecule has 0 aromatic heterocycles. The third kappa shape index (κ3) is 8.07. The van der Waals surface area contributed by atoms with Gasteiger partial charge in [0.15, 0.2) is 0 Å². The average Bonchev–Trinajstić information content (AvgIpc) is 3.01. The molecule has 0 aliphatic heterocycles. The second-order valence-electron chi connectivity index (χ2n) is 9.47. The van der Waals surface area contributed by atoms with E-state index in [1.807, 2.05) is 78.9 Å². The van der Waals surface area contributed by atoms with E-state index >= 15 is 0 Å². The SMILES string of the molecule is CNC(=O)CCC(=O)OCC(CCCN)COC(c1ccccc1)(c1ccc(OC)cc1)c1ccc(OC)cc1. The molecule has 0 aliphatic carbocycles. The highest BCUT2D eigenvalue weighted by molar-refractivity contribution is 5.80. The van der Waals surface area contributed by atoms with Crippen LogP contribution in [0, 0.1) is 5.92 Å². The fourth-order valence-corrected chi connectivity index (χ4v) is 4.56. The maximum Gasteiger partial charge on any atom is 0.306 e. The number of benzene rings is 3. The molecule has 40 heavy (non-hydrogen) atoms. The zero-order valence-corrected chi connectivity index (χ0v) is 23.6. The summed E-state index contributed by atoms with van der Waals surface area (Å²) in [5.41, 5.74) is 7.65. The average molecular weight is 549 g/mol. The first-order chi connectivity index (χ1) is 19.5. The van der Waals surface area contributed by atoms with E-state index in [0.29, 0.717) is 13.2 Å². The van der Waals surface area contributed by atoms with Crippen LogP contribution in [0.25, 0.3) is 0 Å². The third-order valence-electron chi connectivity index (χ3n) is 6.84. The Morgan fingerprint density at radius 3 is 1.85 bits per heavy atom. The number of ether oxygens (including phenoxy) is 4. The van der Waals surface area contributed by atoms with Gasteiger partial charge >= 0.3 is 5.97 Å². The van der Waals surface area contributed by atoms with Crippen LogP contribution in [-0.2, 0) is 24.7 Å². The van der Waals surface area contributed by atoms with Gasteiger partial charge in [0, 0.05) is 19.4 Å². The minimum atomic E-state index is -0.968. The Hall–Kier alpha value is -3.88. The number of rotatable bonds is 16. The maximum atomic E-state index is 12.3. The van der Waals surface area contributed by atoms with Crippen molar-refractivity contribution in [2.45, 2.75) is 31.3 Å². The number of esters is 1. The number of carbonyl (C=O) groups is 2. The molecule has 0 saturated carbocycles. The normalized spacial score (nSPS) is 11.9. The van der Waals surface area contributed by atoms with Crippen molar-refractivity contribution >= 4 is 11.9 Å². The van der Waals surface area contributed by atoms with Gasteiger partial charge in [-0.15, -0.1) is 0 Å². The molecular formula is C32H40N2O6. The summed E-state index contributed by atoms with van der Waals surface area (Å²) in [6.07, 6.45) is 1.59. The summed E-state index contributed by atoms with van der Waals surface area (Å²) >= 11 is 0. The molecule has 1 unspecified atom stereocenters. The highest BCUT2D eigenvalue weighted by Gasteiger charge is 2.38. The van der Waals surface area contributed by atoms with E-state index in [2.05, 4.69) is 5.32 Å². The van der Waals surface area contributed by atoms with Gasteiger partial charge in [0.1, 0.15) is 17.1 Å². The Kier molecular flexibility index (Phi) is 12.0. The number of carbonyl (C=O) groups excluding carboxylic acids is 2. The number of nitrogens with one attached hydrogen (secondary N) is 1. The quantitative estimate of drug-likeness (QED) is 0.201. The van der Waals surface area contributed by atoms with Crippen molar-refractivity contribution in [1.82, 2.24) is 5.32 Å². The van der Waals surface area contributed by atoms with Crippen LogP contribution in [0.4, 0.5) is 0 Å². The van der Waals surface area contributed by atoms with Gasteiger partial charge < -0.3 is 30.0 Å². The molecule has 1 amide bonds. The van der Waals surface area contributed by atoms with Crippen LogP contribution in [0.5, 0.6) is 11.5 Å². The maximum absolute atomic E-state index is 12.3. The molecule has 0 saturated heterocycles. The highest BCUT2D eigenvalue weighted by atomic mass is 16.5. The number of methoxy groups -OCH3 is 2. The monoisotopic (exact) mass is 548 g/mol. The fourth-order valence-electron chi connectivity index (χ4n) is 4.56. The van der Waals surface area contributed by atoms with Gasteiger partial charge in [-0.3, -0.25) is 9.59 Å². The van der Waals surface area contributed by atoms with Gasteiger partial charge in [0.05, 0.1) is 33.9 Å². The predicted molar refractivity (Wildman–Crippen MR) is 154 cm³/mol. The number of hydrogen-bond acceptors (Lipinski definition) is 7. The standard InChI is InChI=1S/C32H40N2O6/c1-34-30(35)19-20-31(36)39-22-24(8-7-21-33)23-40-32(25-9-5-4-6-10-25,26-11-15-28(37-2)16-12-26)27-13-17-29(38-3)18-14-27/h4-6,9-18,24H,7-8,19-23,33H2,1-3H3,(H,34,35). The van der Waals surface area contributed by atoms with Crippen molar-refractivity contribution in [2.75, 3.05) is 41.0 Å². The van der Waals surface area contributed by atoms with Crippen LogP contribution in [0.15, 0.2) is 78.9 Å². The molecule has 8 heteroatoms. The topological polar surface area (TPSA) is 109 Å². The predicted octanol–water partition coefficient (Wildman–Crippen LogP) is 4.44. The summed E-state index contributed by atoms with van der Waals surface area (Å²) in [5.74, 6) is 0.759. The van der Waals surface area contributed by atoms with E-state index in [1.165, 1.54) is 0 Å². The molecule has 0 aliphatic rings. The first-order valence-corrected chi connectivity index (χ1v) is 13.5. The lowest BCUT2D eigenvalue weighted by Gasteiger charge is -2.37. The lowest BCUT2D eigenvalue weighted by atomic mass is 9.80. The number of nitrogens with two attached hydrogens (primary N) is 1. The summed E-state index contributed by atoms with van der Waals surface area (Å²) in [6.45, 7) is 0.986. The lowest BCUT2D eigenvalue weighted by Crippen LogP contribution is -2.35. The molecule has 0 spiro atoms. The van der Waals surface area contributed by atoms with Gasteiger partial charge in [-0.1, -0.05) is 54.6 Å². The molecule has 1 atom stereocenters. The lowest BCUT2D eigenvalue weighted by molar-refractivity contribution is -0.147. The van der Waals surface area contributed by atoms with Crippen molar-refractivity contribution in [1.29, 1.82) is 0 Å². The van der Waals surface area contributed by atoms with Crippen molar-refractivity contribution in [3.05, 3.63) is 95.6 Å². The Morgan fingerprint density at radius 1 is 0.800 bits per heavy atom. The zero-order valence-electron chi connectivity index (χ0n) is 23.6. The van der Waals surface area contributed by atoms with Crippen LogP contribution in [0.1, 0.15) is 42.4 Å². The Morgan fingerprint density at radius 2 is 1.35 bits per heavy atom. The molecule has 8 nitrogen and oxygen atoms in total. The summed E-state index contributed by atoms with van der Waals surface area (Å²) in [7, 11) is 4.81. The van der Waals surface area contributed by atoms with Crippen molar-refractivity contribution < 1.29 is 28.5 Å². The molecule has 214 valence electrons. The summed E-state index contributed by atoms with van der Waals surface area (Å²) in [6, 6.07) is 25.7. The second kappa shape index (κ2) is 15.6. The molecule has 3 aromatic carbocycles. The minimum Gasteiger partial charge on any atom is -0.497 e. The van der Waals surface area contributed by atoms with Crippen molar-refractivity contribution in [2.24, 2.45) is 11.7 Å². The molecule has 3 aromatic rings. The van der Waals surface area contributed by atoms with E-state index in [1.54, 1.807) is 21.3 Å². The van der Waals surface area contributed by atoms with E-state index in [-0.39, 0.29) is 31.3 Å². The molecule has 0 radical (unpaired) electrons. The number of amides is 1. The van der Waals surface area contributed by atoms with Crippen molar-refractivity contribution in [3.63, 3.8) is 0 Å². The molecule has 0 bridgehead atoms. The molecule has 3 N–H and O–H groups in total. The van der Waals surface area contributed by atoms with E-state index < -0.39 is 11.6 Å². The van der Waals surface area contributed by atoms with E-state index in [0.717, 1.165) is 41.0 Å². The fraction of sp³-hybridized carbons (Fsp3) is 0.375. The Balaban J connectivity index is 1.97. The Bertz CT molecular complexity index is 1130. The van der Waals surface area contributed by atoms with E-state index in [4.69, 9.17) is 24.7 Å². The van der Waals surface area contributed by atoms with Gasteiger partial charge in [0.25, 0.3) is 0 Å². The highest BCUT2D eigenvalue weighted by Crippen LogP contribution is 2.42. The smallest absolute Gasteiger partial charge is 0.306 e. The van der Waals surface area contributed by atoms with Crippen LogP contribution in [0.2, 0.25) is 0 Å². The first kappa shape index (κ1) is 30.7. The van der Waals surface area contributed by atoms with Gasteiger partial charge in [0.2, 0.25) is 5.91 Å². The van der Waals surface area contributed by atoms with Gasteiger partial charge in [-0.2, -0.15) is 0 Å². The first-order valence-electron chi connectivity index (χ1n) is 13.5. The van der Waals surface area contributed by atoms with E-state index in [9.17, 15) is 9.59 Å². The largest absolute Gasteiger partial charge is 0.497 e. The van der Waals surface area contributed by atoms with Crippen LogP contribution in [0.3, 0.4) is 0 Å². The Labute approximate surface area is 236 Å². The molecule has 3 rings (SSSR count). The molecule has 0 heterocycles. The van der Waals surface area contributed by atoms with Crippen LogP contribution >= 0.6 is 0 Å². The second-order valence-corrected chi connectivity index (χ2v) is 9.47. The number of hydrogen-bond donors (Lipinski definition) is 2. The van der Waals surface area contributed by atoms with Gasteiger partial charge in [-0.05, 0) is 60.3 Å². The van der Waals surface area contributed by atoms with Crippen molar-refractivity contribution in [3.8, 4) is 11.5 Å². The molecular weight excluding hydrogens is 508 g/mol.